The van der Waals surface area contributed by atoms with Crippen LogP contribution in [0.3, 0.4) is 0 Å². The van der Waals surface area contributed by atoms with Crippen molar-refractivity contribution in [3.63, 3.8) is 0 Å². The van der Waals surface area contributed by atoms with Crippen molar-refractivity contribution in [2.75, 3.05) is 11.5 Å². The maximum absolute atomic E-state index is 11.3. The van der Waals surface area contributed by atoms with Crippen molar-refractivity contribution in [1.82, 2.24) is 0 Å². The van der Waals surface area contributed by atoms with Crippen molar-refractivity contribution in [3.05, 3.63) is 29.3 Å². The summed E-state index contributed by atoms with van der Waals surface area (Å²) in [6.07, 6.45) is -0.818. The lowest BCUT2D eigenvalue weighted by Gasteiger charge is -2.11. The highest BCUT2D eigenvalue weighted by molar-refractivity contribution is 7.91. The molecule has 0 saturated carbocycles. The van der Waals surface area contributed by atoms with E-state index in [4.69, 9.17) is 11.6 Å². The first-order valence-corrected chi connectivity index (χ1v) is 7.16. The molecular formula is C10H13ClNO3S+. The lowest BCUT2D eigenvalue weighted by atomic mass is 10.2. The van der Waals surface area contributed by atoms with Crippen molar-refractivity contribution < 1.29 is 18.8 Å². The van der Waals surface area contributed by atoms with E-state index >= 15 is 0 Å². The molecule has 1 aromatic rings. The Hall–Kier alpha value is -0.620. The first-order chi connectivity index (χ1) is 7.48. The SMILES string of the molecule is O=S1(=O)CC(O)C([NH2+]c2ccccc2Cl)C1. The average molecular weight is 263 g/mol. The Kier molecular flexibility index (Phi) is 3.21. The maximum Gasteiger partial charge on any atom is 0.159 e. The van der Waals surface area contributed by atoms with Crippen molar-refractivity contribution in [3.8, 4) is 0 Å². The molecule has 0 aromatic heterocycles. The number of aliphatic hydroxyl groups is 1. The molecule has 16 heavy (non-hydrogen) atoms. The molecule has 1 aliphatic rings. The quantitative estimate of drug-likeness (QED) is 0.719. The number of rotatable bonds is 2. The van der Waals surface area contributed by atoms with Crippen LogP contribution in [0.5, 0.6) is 0 Å². The number of hydrogen-bond donors (Lipinski definition) is 2. The van der Waals surface area contributed by atoms with Crippen LogP contribution in [0.15, 0.2) is 24.3 Å². The van der Waals surface area contributed by atoms with Crippen LogP contribution in [0.2, 0.25) is 5.02 Å². The van der Waals surface area contributed by atoms with E-state index in [2.05, 4.69) is 0 Å². The van der Waals surface area contributed by atoms with E-state index in [1.165, 1.54) is 0 Å². The van der Waals surface area contributed by atoms with E-state index in [1.54, 1.807) is 17.4 Å². The average Bonchev–Trinajstić information content (AvgIpc) is 2.44. The highest BCUT2D eigenvalue weighted by Gasteiger charge is 2.39. The molecule has 0 aliphatic carbocycles. The summed E-state index contributed by atoms with van der Waals surface area (Å²) >= 11 is 5.96. The third-order valence-corrected chi connectivity index (χ3v) is 4.75. The van der Waals surface area contributed by atoms with Gasteiger partial charge < -0.3 is 10.4 Å². The van der Waals surface area contributed by atoms with Crippen molar-refractivity contribution in [1.29, 1.82) is 0 Å². The smallest absolute Gasteiger partial charge is 0.159 e. The van der Waals surface area contributed by atoms with E-state index in [-0.39, 0.29) is 17.5 Å². The number of para-hydroxylation sites is 1. The molecule has 0 amide bonds. The highest BCUT2D eigenvalue weighted by atomic mass is 35.5. The number of sulfone groups is 1. The molecule has 0 spiro atoms. The summed E-state index contributed by atoms with van der Waals surface area (Å²) in [4.78, 5) is 0. The summed E-state index contributed by atoms with van der Waals surface area (Å²) < 4.78 is 22.6. The van der Waals surface area contributed by atoms with Crippen LogP contribution in [-0.2, 0) is 9.84 Å². The van der Waals surface area contributed by atoms with Crippen LogP contribution in [0.4, 0.5) is 5.69 Å². The Morgan fingerprint density at radius 1 is 1.31 bits per heavy atom. The van der Waals surface area contributed by atoms with E-state index in [9.17, 15) is 13.5 Å². The van der Waals surface area contributed by atoms with Gasteiger partial charge in [0.15, 0.2) is 9.84 Å². The van der Waals surface area contributed by atoms with Crippen molar-refractivity contribution in [2.45, 2.75) is 12.1 Å². The largest absolute Gasteiger partial charge is 0.386 e. The number of aliphatic hydroxyl groups excluding tert-OH is 1. The molecule has 1 aliphatic heterocycles. The van der Waals surface area contributed by atoms with Gasteiger partial charge in [-0.05, 0) is 6.07 Å². The molecule has 1 aromatic carbocycles. The Bertz CT molecular complexity index is 489. The predicted octanol–water partition coefficient (Wildman–Crippen LogP) is -0.307. The Morgan fingerprint density at radius 3 is 2.56 bits per heavy atom. The zero-order valence-corrected chi connectivity index (χ0v) is 10.1. The van der Waals surface area contributed by atoms with Gasteiger partial charge in [-0.25, -0.2) is 8.42 Å². The van der Waals surface area contributed by atoms with E-state index < -0.39 is 15.9 Å². The third kappa shape index (κ3) is 2.55. The number of benzene rings is 1. The lowest BCUT2D eigenvalue weighted by Crippen LogP contribution is -2.87. The van der Waals surface area contributed by atoms with Gasteiger partial charge in [0.1, 0.15) is 28.6 Å². The molecule has 1 saturated heterocycles. The number of quaternary nitrogens is 1. The van der Waals surface area contributed by atoms with Crippen LogP contribution >= 0.6 is 11.6 Å². The van der Waals surface area contributed by atoms with Gasteiger partial charge in [-0.15, -0.1) is 0 Å². The molecular weight excluding hydrogens is 250 g/mol. The van der Waals surface area contributed by atoms with Crippen LogP contribution in [0, 0.1) is 0 Å². The summed E-state index contributed by atoms with van der Waals surface area (Å²) in [5.74, 6) is -0.155. The van der Waals surface area contributed by atoms with Gasteiger partial charge in [-0.1, -0.05) is 23.7 Å². The fourth-order valence-corrected chi connectivity index (χ4v) is 3.86. The van der Waals surface area contributed by atoms with Gasteiger partial charge in [-0.2, -0.15) is 0 Å². The topological polar surface area (TPSA) is 71.0 Å². The third-order valence-electron chi connectivity index (χ3n) is 2.66. The van der Waals surface area contributed by atoms with Gasteiger partial charge in [0.2, 0.25) is 0 Å². The summed E-state index contributed by atoms with van der Waals surface area (Å²) in [5, 5.41) is 11.9. The molecule has 3 N–H and O–H groups in total. The second kappa shape index (κ2) is 4.33. The molecule has 1 fully saturated rings. The minimum atomic E-state index is -3.10. The number of nitrogens with two attached hydrogens (primary N) is 1. The van der Waals surface area contributed by atoms with Crippen LogP contribution in [-0.4, -0.2) is 37.2 Å². The summed E-state index contributed by atoms with van der Waals surface area (Å²) in [5.41, 5.74) is 0.769. The highest BCUT2D eigenvalue weighted by Crippen LogP contribution is 2.17. The van der Waals surface area contributed by atoms with Crippen LogP contribution in [0.25, 0.3) is 0 Å². The summed E-state index contributed by atoms with van der Waals surface area (Å²) in [6.45, 7) is 0. The van der Waals surface area contributed by atoms with Crippen LogP contribution < -0.4 is 5.32 Å². The van der Waals surface area contributed by atoms with Gasteiger partial charge >= 0.3 is 0 Å². The normalized spacial score (nSPS) is 28.1. The predicted molar refractivity (Wildman–Crippen MR) is 61.5 cm³/mol. The van der Waals surface area contributed by atoms with E-state index in [1.807, 2.05) is 12.1 Å². The van der Waals surface area contributed by atoms with Gasteiger partial charge in [0, 0.05) is 6.07 Å². The fraction of sp³-hybridized carbons (Fsp3) is 0.400. The lowest BCUT2D eigenvalue weighted by molar-refractivity contribution is -0.613. The van der Waals surface area contributed by atoms with Gasteiger partial charge in [0.05, 0.1) is 5.75 Å². The summed E-state index contributed by atoms with van der Waals surface area (Å²) in [6, 6.07) is 6.82. The van der Waals surface area contributed by atoms with E-state index in [0.717, 1.165) is 5.69 Å². The molecule has 1 heterocycles. The van der Waals surface area contributed by atoms with Crippen LogP contribution in [0.1, 0.15) is 0 Å². The minimum Gasteiger partial charge on any atom is -0.386 e. The number of halogens is 1. The molecule has 4 nitrogen and oxygen atoms in total. The fourth-order valence-electron chi connectivity index (χ4n) is 1.86. The standard InChI is InChI=1S/C10H12ClNO3S/c11-7-3-1-2-4-8(7)12-9-5-16(14,15)6-10(9)13/h1-4,9-10,12-13H,5-6H2/p+1. The minimum absolute atomic E-state index is 0.000605. The zero-order chi connectivity index (χ0) is 11.8. The van der Waals surface area contributed by atoms with Gasteiger partial charge in [-0.3, -0.25) is 0 Å². The molecule has 0 radical (unpaired) electrons. The first kappa shape index (κ1) is 11.9. The first-order valence-electron chi connectivity index (χ1n) is 4.96. The maximum atomic E-state index is 11.3. The number of hydrogen-bond acceptors (Lipinski definition) is 3. The monoisotopic (exact) mass is 262 g/mol. The second-order valence-corrected chi connectivity index (χ2v) is 6.56. The van der Waals surface area contributed by atoms with Crippen molar-refractivity contribution in [2.24, 2.45) is 0 Å². The molecule has 2 unspecified atom stereocenters. The summed E-state index contributed by atoms with van der Waals surface area (Å²) in [7, 11) is -3.10. The molecule has 0 bridgehead atoms. The molecule has 2 atom stereocenters. The van der Waals surface area contributed by atoms with E-state index in [0.29, 0.717) is 5.02 Å². The molecule has 88 valence electrons. The second-order valence-electron chi connectivity index (χ2n) is 4.00. The molecule has 2 rings (SSSR count). The Labute approximate surface area is 99.2 Å². The molecule has 6 heteroatoms. The van der Waals surface area contributed by atoms with Crippen molar-refractivity contribution >= 4 is 27.1 Å². The Morgan fingerprint density at radius 2 is 2.00 bits per heavy atom. The zero-order valence-electron chi connectivity index (χ0n) is 8.51. The Balaban J connectivity index is 2.15. The van der Waals surface area contributed by atoms with Gasteiger partial charge in [0.25, 0.3) is 0 Å².